The standard InChI is InChI=1S/C9H12N2O4/c12-6-5-11(4-3-10-6)7(13)9(1-2-9)8(14)15/h1-5H2,(H,10,12)(H,14,15). The van der Waals surface area contributed by atoms with Crippen LogP contribution in [0.5, 0.6) is 0 Å². The highest BCUT2D eigenvalue weighted by molar-refractivity contribution is 6.05. The number of carboxylic acid groups (broad SMARTS) is 1. The van der Waals surface area contributed by atoms with Crippen molar-refractivity contribution in [2.24, 2.45) is 5.41 Å². The Hall–Kier alpha value is -1.59. The second-order valence-electron chi connectivity index (χ2n) is 3.96. The Kier molecular flexibility index (Phi) is 2.13. The maximum atomic E-state index is 11.8. The summed E-state index contributed by atoms with van der Waals surface area (Å²) >= 11 is 0. The Bertz CT molecular complexity index is 335. The molecule has 0 spiro atoms. The molecule has 2 fully saturated rings. The van der Waals surface area contributed by atoms with E-state index in [4.69, 9.17) is 5.11 Å². The summed E-state index contributed by atoms with van der Waals surface area (Å²) in [5.74, 6) is -1.71. The summed E-state index contributed by atoms with van der Waals surface area (Å²) < 4.78 is 0. The van der Waals surface area contributed by atoms with Gasteiger partial charge in [0.1, 0.15) is 5.41 Å². The van der Waals surface area contributed by atoms with Gasteiger partial charge in [-0.15, -0.1) is 0 Å². The van der Waals surface area contributed by atoms with Gasteiger partial charge in [0.05, 0.1) is 6.54 Å². The quantitative estimate of drug-likeness (QED) is 0.563. The number of carbonyl (C=O) groups excluding carboxylic acids is 2. The fraction of sp³-hybridized carbons (Fsp3) is 0.667. The highest BCUT2D eigenvalue weighted by atomic mass is 16.4. The van der Waals surface area contributed by atoms with Gasteiger partial charge in [0.25, 0.3) is 0 Å². The fourth-order valence-electron chi connectivity index (χ4n) is 1.76. The van der Waals surface area contributed by atoms with Crippen LogP contribution < -0.4 is 5.32 Å². The van der Waals surface area contributed by atoms with Crippen molar-refractivity contribution >= 4 is 17.8 Å². The van der Waals surface area contributed by atoms with E-state index in [1.54, 1.807) is 0 Å². The molecule has 0 atom stereocenters. The highest BCUT2D eigenvalue weighted by Crippen LogP contribution is 2.47. The molecule has 2 aliphatic rings. The number of piperazine rings is 1. The summed E-state index contributed by atoms with van der Waals surface area (Å²) in [6, 6.07) is 0. The van der Waals surface area contributed by atoms with E-state index in [-0.39, 0.29) is 12.5 Å². The van der Waals surface area contributed by atoms with Crippen LogP contribution in [0.3, 0.4) is 0 Å². The second-order valence-corrected chi connectivity index (χ2v) is 3.96. The fourth-order valence-corrected chi connectivity index (χ4v) is 1.76. The van der Waals surface area contributed by atoms with Gasteiger partial charge in [-0.25, -0.2) is 0 Å². The minimum atomic E-state index is -1.22. The van der Waals surface area contributed by atoms with Crippen LogP contribution in [0, 0.1) is 5.41 Å². The minimum absolute atomic E-state index is 0.0200. The van der Waals surface area contributed by atoms with Crippen molar-refractivity contribution in [2.45, 2.75) is 12.8 Å². The maximum absolute atomic E-state index is 11.8. The summed E-state index contributed by atoms with van der Waals surface area (Å²) in [6.45, 7) is 0.785. The molecule has 2 N–H and O–H groups in total. The molecule has 1 saturated carbocycles. The van der Waals surface area contributed by atoms with Gasteiger partial charge < -0.3 is 15.3 Å². The third-order valence-electron chi connectivity index (χ3n) is 2.89. The average molecular weight is 212 g/mol. The van der Waals surface area contributed by atoms with Crippen molar-refractivity contribution < 1.29 is 19.5 Å². The van der Waals surface area contributed by atoms with Crippen LogP contribution in [0.4, 0.5) is 0 Å². The summed E-state index contributed by atoms with van der Waals surface area (Å²) in [6.07, 6.45) is 0.776. The van der Waals surface area contributed by atoms with Crippen molar-refractivity contribution in [3.05, 3.63) is 0 Å². The first-order valence-electron chi connectivity index (χ1n) is 4.86. The van der Waals surface area contributed by atoms with Crippen molar-refractivity contribution in [1.29, 1.82) is 0 Å². The molecule has 0 aromatic heterocycles. The van der Waals surface area contributed by atoms with E-state index in [1.165, 1.54) is 4.90 Å². The van der Waals surface area contributed by atoms with Gasteiger partial charge in [0.2, 0.25) is 11.8 Å². The van der Waals surface area contributed by atoms with E-state index >= 15 is 0 Å². The van der Waals surface area contributed by atoms with Gasteiger partial charge in [-0.2, -0.15) is 0 Å². The van der Waals surface area contributed by atoms with E-state index in [9.17, 15) is 14.4 Å². The van der Waals surface area contributed by atoms with Gasteiger partial charge in [0, 0.05) is 13.1 Å². The lowest BCUT2D eigenvalue weighted by molar-refractivity contribution is -0.155. The number of carbonyl (C=O) groups is 3. The molecule has 1 aliphatic heterocycles. The van der Waals surface area contributed by atoms with Crippen molar-refractivity contribution in [2.75, 3.05) is 19.6 Å². The van der Waals surface area contributed by atoms with Crippen LogP contribution in [0.1, 0.15) is 12.8 Å². The number of nitrogens with one attached hydrogen (secondary N) is 1. The molecule has 0 bridgehead atoms. The molecular formula is C9H12N2O4. The molecule has 1 heterocycles. The molecule has 15 heavy (non-hydrogen) atoms. The van der Waals surface area contributed by atoms with Crippen LogP contribution in [-0.4, -0.2) is 47.4 Å². The number of nitrogens with zero attached hydrogens (tertiary/aromatic N) is 1. The van der Waals surface area contributed by atoms with Gasteiger partial charge in [0.15, 0.2) is 0 Å². The van der Waals surface area contributed by atoms with E-state index in [0.717, 1.165) is 0 Å². The predicted octanol–water partition coefficient (Wildman–Crippen LogP) is -1.19. The molecule has 0 unspecified atom stereocenters. The van der Waals surface area contributed by atoms with Gasteiger partial charge in [-0.1, -0.05) is 0 Å². The minimum Gasteiger partial charge on any atom is -0.480 e. The van der Waals surface area contributed by atoms with Gasteiger partial charge in [-0.05, 0) is 12.8 Å². The van der Waals surface area contributed by atoms with Gasteiger partial charge in [-0.3, -0.25) is 14.4 Å². The van der Waals surface area contributed by atoms with Crippen LogP contribution in [-0.2, 0) is 14.4 Å². The number of amides is 2. The van der Waals surface area contributed by atoms with Crippen molar-refractivity contribution in [1.82, 2.24) is 10.2 Å². The number of rotatable bonds is 2. The first-order valence-corrected chi connectivity index (χ1v) is 4.86. The van der Waals surface area contributed by atoms with Crippen LogP contribution in [0.25, 0.3) is 0 Å². The summed E-state index contributed by atoms with van der Waals surface area (Å²) in [4.78, 5) is 35.1. The van der Waals surface area contributed by atoms with Gasteiger partial charge >= 0.3 is 5.97 Å². The molecule has 1 saturated heterocycles. The lowest BCUT2D eigenvalue weighted by atomic mass is 10.1. The number of hydrogen-bond acceptors (Lipinski definition) is 3. The average Bonchev–Trinajstić information content (AvgIpc) is 2.97. The van der Waals surface area contributed by atoms with E-state index in [1.807, 2.05) is 0 Å². The molecule has 1 aliphatic carbocycles. The third kappa shape index (κ3) is 1.55. The van der Waals surface area contributed by atoms with Crippen LogP contribution >= 0.6 is 0 Å². The van der Waals surface area contributed by atoms with Crippen molar-refractivity contribution in [3.8, 4) is 0 Å². The monoisotopic (exact) mass is 212 g/mol. The molecule has 2 amide bonds. The SMILES string of the molecule is O=C1CN(C(=O)C2(C(=O)O)CC2)CCN1. The Labute approximate surface area is 86.2 Å². The lowest BCUT2D eigenvalue weighted by Crippen LogP contribution is -2.53. The zero-order valence-electron chi connectivity index (χ0n) is 8.15. The zero-order chi connectivity index (χ0) is 11.1. The van der Waals surface area contributed by atoms with E-state index in [2.05, 4.69) is 5.32 Å². The molecule has 0 aromatic carbocycles. The van der Waals surface area contributed by atoms with Crippen molar-refractivity contribution in [3.63, 3.8) is 0 Å². The topological polar surface area (TPSA) is 86.7 Å². The van der Waals surface area contributed by atoms with Crippen LogP contribution in [0.2, 0.25) is 0 Å². The van der Waals surface area contributed by atoms with Crippen LogP contribution in [0.15, 0.2) is 0 Å². The molecular weight excluding hydrogens is 200 g/mol. The Morgan fingerprint density at radius 2 is 2.07 bits per heavy atom. The molecule has 6 nitrogen and oxygen atoms in total. The lowest BCUT2D eigenvalue weighted by Gasteiger charge is -2.28. The third-order valence-corrected chi connectivity index (χ3v) is 2.89. The Balaban J connectivity index is 2.08. The summed E-state index contributed by atoms with van der Waals surface area (Å²) in [5, 5.41) is 11.5. The Morgan fingerprint density at radius 1 is 1.40 bits per heavy atom. The van der Waals surface area contributed by atoms with E-state index in [0.29, 0.717) is 25.9 Å². The normalized spacial score (nSPS) is 23.2. The summed E-state index contributed by atoms with van der Waals surface area (Å²) in [7, 11) is 0. The molecule has 82 valence electrons. The maximum Gasteiger partial charge on any atom is 0.319 e. The first kappa shape index (κ1) is 9.95. The molecule has 0 radical (unpaired) electrons. The Morgan fingerprint density at radius 3 is 2.53 bits per heavy atom. The zero-order valence-corrected chi connectivity index (χ0v) is 8.15. The smallest absolute Gasteiger partial charge is 0.319 e. The number of carboxylic acids is 1. The summed E-state index contributed by atoms with van der Waals surface area (Å²) in [5.41, 5.74) is -1.22. The highest BCUT2D eigenvalue weighted by Gasteiger charge is 2.58. The molecule has 2 rings (SSSR count). The second kappa shape index (κ2) is 3.22. The molecule has 6 heteroatoms. The first-order chi connectivity index (χ1) is 7.06. The number of hydrogen-bond donors (Lipinski definition) is 2. The molecule has 0 aromatic rings. The van der Waals surface area contributed by atoms with E-state index < -0.39 is 17.3 Å². The predicted molar refractivity (Wildman–Crippen MR) is 48.9 cm³/mol. The largest absolute Gasteiger partial charge is 0.480 e. The number of aliphatic carboxylic acids is 1.